The van der Waals surface area contributed by atoms with Gasteiger partial charge in [0.2, 0.25) is 0 Å². The van der Waals surface area contributed by atoms with Crippen LogP contribution in [0.15, 0.2) is 53.1 Å². The molecule has 4 heteroatoms. The van der Waals surface area contributed by atoms with E-state index in [1.54, 1.807) is 6.92 Å². The molecular formula is C23H28NO3. The number of carbonyl (C=O) groups is 2. The van der Waals surface area contributed by atoms with Gasteiger partial charge in [-0.2, -0.15) is 0 Å². The molecule has 1 radical (unpaired) electrons. The molecule has 1 aromatic rings. The van der Waals surface area contributed by atoms with Gasteiger partial charge in [-0.05, 0) is 36.3 Å². The Morgan fingerprint density at radius 1 is 1.22 bits per heavy atom. The molecule has 0 saturated carbocycles. The van der Waals surface area contributed by atoms with Crippen LogP contribution in [-0.4, -0.2) is 29.4 Å². The van der Waals surface area contributed by atoms with Crippen LogP contribution in [0.2, 0.25) is 0 Å². The summed E-state index contributed by atoms with van der Waals surface area (Å²) < 4.78 is 5.39. The van der Waals surface area contributed by atoms with Gasteiger partial charge in [0.1, 0.15) is 6.61 Å². The molecule has 1 aliphatic heterocycles. The molecule has 143 valence electrons. The van der Waals surface area contributed by atoms with Gasteiger partial charge in [-0.1, -0.05) is 57.2 Å². The van der Waals surface area contributed by atoms with E-state index in [4.69, 9.17) is 4.74 Å². The Morgan fingerprint density at radius 2 is 1.93 bits per heavy atom. The van der Waals surface area contributed by atoms with Crippen LogP contribution < -0.4 is 0 Å². The highest BCUT2D eigenvalue weighted by atomic mass is 16.5. The van der Waals surface area contributed by atoms with Crippen molar-refractivity contribution in [1.82, 2.24) is 4.90 Å². The van der Waals surface area contributed by atoms with Gasteiger partial charge in [-0.3, -0.25) is 4.79 Å². The summed E-state index contributed by atoms with van der Waals surface area (Å²) in [4.78, 5) is 27.0. The van der Waals surface area contributed by atoms with E-state index in [-0.39, 0.29) is 29.9 Å². The average Bonchev–Trinajstić information content (AvgIpc) is 3.33. The highest BCUT2D eigenvalue weighted by Crippen LogP contribution is 2.44. The fourth-order valence-electron chi connectivity index (χ4n) is 3.47. The number of likely N-dealkylation sites (tertiary alicyclic amines) is 1. The zero-order chi connectivity index (χ0) is 19.6. The number of carbonyl (C=O) groups excluding carboxylic acids is 2. The molecule has 2 aliphatic rings. The van der Waals surface area contributed by atoms with E-state index >= 15 is 0 Å². The number of esters is 1. The quantitative estimate of drug-likeness (QED) is 0.579. The summed E-state index contributed by atoms with van der Waals surface area (Å²) in [6.07, 6.45) is 5.71. The number of rotatable bonds is 5. The van der Waals surface area contributed by atoms with Crippen molar-refractivity contribution in [2.45, 2.75) is 53.2 Å². The SMILES string of the molecule is C/C(=C\[C@@H]1CCCN1C(=O)C1=C(C(C)(C)C)[CH]1)C(=O)OCc1ccccc1. The maximum Gasteiger partial charge on any atom is 0.333 e. The number of ether oxygens (including phenoxy) is 1. The van der Waals surface area contributed by atoms with Crippen LogP contribution in [0.5, 0.6) is 0 Å². The molecule has 1 aliphatic carbocycles. The minimum absolute atomic E-state index is 0.00716. The Labute approximate surface area is 161 Å². The zero-order valence-corrected chi connectivity index (χ0v) is 16.6. The number of allylic oxidation sites excluding steroid dienone is 1. The first-order chi connectivity index (χ1) is 12.8. The second kappa shape index (κ2) is 7.71. The smallest absolute Gasteiger partial charge is 0.333 e. The molecule has 0 bridgehead atoms. The molecule has 1 aromatic carbocycles. The second-order valence-electron chi connectivity index (χ2n) is 8.34. The maximum absolute atomic E-state index is 12.8. The lowest BCUT2D eigenvalue weighted by molar-refractivity contribution is -0.140. The Balaban J connectivity index is 1.62. The summed E-state index contributed by atoms with van der Waals surface area (Å²) in [5.74, 6) is -0.241. The molecule has 0 N–H and O–H groups in total. The summed E-state index contributed by atoms with van der Waals surface area (Å²) in [5.41, 5.74) is 3.50. The molecule has 1 heterocycles. The van der Waals surface area contributed by atoms with Crippen molar-refractivity contribution in [1.29, 1.82) is 0 Å². The second-order valence-corrected chi connectivity index (χ2v) is 8.34. The van der Waals surface area contributed by atoms with Crippen LogP contribution >= 0.6 is 0 Å². The van der Waals surface area contributed by atoms with Gasteiger partial charge >= 0.3 is 5.97 Å². The summed E-state index contributed by atoms with van der Waals surface area (Å²) in [6, 6.07) is 9.59. The summed E-state index contributed by atoms with van der Waals surface area (Å²) in [7, 11) is 0. The monoisotopic (exact) mass is 366 g/mol. The van der Waals surface area contributed by atoms with Crippen molar-refractivity contribution >= 4 is 11.9 Å². The lowest BCUT2D eigenvalue weighted by atomic mass is 9.93. The van der Waals surface area contributed by atoms with Crippen molar-refractivity contribution in [3.05, 3.63) is 65.1 Å². The number of nitrogens with zero attached hydrogens (tertiary/aromatic N) is 1. The maximum atomic E-state index is 12.8. The third-order valence-electron chi connectivity index (χ3n) is 5.07. The molecule has 27 heavy (non-hydrogen) atoms. The number of hydrogen-bond acceptors (Lipinski definition) is 3. The molecule has 1 fully saturated rings. The van der Waals surface area contributed by atoms with E-state index in [0.717, 1.165) is 36.1 Å². The van der Waals surface area contributed by atoms with Crippen molar-refractivity contribution in [3.8, 4) is 0 Å². The fraction of sp³-hybridized carbons (Fsp3) is 0.435. The normalized spacial score (nSPS) is 20.1. The zero-order valence-electron chi connectivity index (χ0n) is 16.6. The summed E-state index contributed by atoms with van der Waals surface area (Å²) >= 11 is 0. The van der Waals surface area contributed by atoms with Gasteiger partial charge in [0.05, 0.1) is 6.04 Å². The van der Waals surface area contributed by atoms with E-state index < -0.39 is 0 Å². The Morgan fingerprint density at radius 3 is 2.56 bits per heavy atom. The van der Waals surface area contributed by atoms with E-state index in [2.05, 4.69) is 20.8 Å². The van der Waals surface area contributed by atoms with Crippen molar-refractivity contribution in [3.63, 3.8) is 0 Å². The van der Waals surface area contributed by atoms with Gasteiger partial charge in [0.15, 0.2) is 0 Å². The van der Waals surface area contributed by atoms with Crippen LogP contribution in [0.4, 0.5) is 0 Å². The van der Waals surface area contributed by atoms with E-state index in [1.807, 2.05) is 47.7 Å². The van der Waals surface area contributed by atoms with Crippen LogP contribution in [0.1, 0.15) is 46.1 Å². The van der Waals surface area contributed by atoms with E-state index in [1.165, 1.54) is 0 Å². The molecule has 3 rings (SSSR count). The van der Waals surface area contributed by atoms with Crippen molar-refractivity contribution < 1.29 is 14.3 Å². The molecule has 4 nitrogen and oxygen atoms in total. The highest BCUT2D eigenvalue weighted by Gasteiger charge is 2.40. The minimum Gasteiger partial charge on any atom is -0.457 e. The first-order valence-corrected chi connectivity index (χ1v) is 9.57. The standard InChI is InChI=1S/C23H28NO3/c1-16(22(26)27-15-17-9-6-5-7-10-17)13-18-11-8-12-24(18)21(25)19-14-20(19)23(2,3)4/h5-7,9-10,13-14,18H,8,11-12,15H2,1-4H3/b16-13+/t18-/m0/s1. The van der Waals surface area contributed by atoms with E-state index in [0.29, 0.717) is 5.57 Å². The van der Waals surface area contributed by atoms with Crippen LogP contribution in [0.3, 0.4) is 0 Å². The van der Waals surface area contributed by atoms with Crippen molar-refractivity contribution in [2.75, 3.05) is 6.54 Å². The first-order valence-electron chi connectivity index (χ1n) is 9.57. The van der Waals surface area contributed by atoms with Gasteiger partial charge in [0.25, 0.3) is 5.91 Å². The first kappa shape index (κ1) is 19.4. The predicted molar refractivity (Wildman–Crippen MR) is 106 cm³/mol. The fourth-order valence-corrected chi connectivity index (χ4v) is 3.47. The van der Waals surface area contributed by atoms with Crippen molar-refractivity contribution in [2.24, 2.45) is 5.41 Å². The lowest BCUT2D eigenvalue weighted by Crippen LogP contribution is -2.34. The molecule has 1 saturated heterocycles. The summed E-state index contributed by atoms with van der Waals surface area (Å²) in [6.45, 7) is 9.11. The number of hydrogen-bond donors (Lipinski definition) is 0. The third kappa shape index (κ3) is 4.68. The minimum atomic E-state index is -0.328. The Kier molecular flexibility index (Phi) is 5.54. The lowest BCUT2D eigenvalue weighted by Gasteiger charge is -2.22. The molecule has 1 atom stereocenters. The van der Waals surface area contributed by atoms with Gasteiger partial charge < -0.3 is 9.64 Å². The van der Waals surface area contributed by atoms with Crippen LogP contribution in [-0.2, 0) is 20.9 Å². The molecule has 1 amide bonds. The Bertz CT molecular complexity index is 784. The third-order valence-corrected chi connectivity index (χ3v) is 5.07. The van der Waals surface area contributed by atoms with Gasteiger partial charge in [0, 0.05) is 24.1 Å². The van der Waals surface area contributed by atoms with Gasteiger partial charge in [-0.25, -0.2) is 4.79 Å². The highest BCUT2D eigenvalue weighted by molar-refractivity contribution is 6.04. The van der Waals surface area contributed by atoms with Crippen LogP contribution in [0.25, 0.3) is 0 Å². The van der Waals surface area contributed by atoms with E-state index in [9.17, 15) is 9.59 Å². The Hall–Kier alpha value is -2.36. The number of amides is 1. The average molecular weight is 366 g/mol. The molecule has 0 spiro atoms. The largest absolute Gasteiger partial charge is 0.457 e. The molecule has 0 unspecified atom stereocenters. The molecule has 0 aromatic heterocycles. The summed E-state index contributed by atoms with van der Waals surface area (Å²) in [5, 5.41) is 0. The number of benzene rings is 1. The topological polar surface area (TPSA) is 46.6 Å². The van der Waals surface area contributed by atoms with Gasteiger partial charge in [-0.15, -0.1) is 0 Å². The van der Waals surface area contributed by atoms with Crippen LogP contribution in [0, 0.1) is 11.8 Å². The predicted octanol–water partition coefficient (Wildman–Crippen LogP) is 4.23. The molecular weight excluding hydrogens is 338 g/mol.